The van der Waals surface area contributed by atoms with Crippen LogP contribution < -0.4 is 10.6 Å². The zero-order valence-corrected chi connectivity index (χ0v) is 10.6. The minimum atomic E-state index is 0.387. The van der Waals surface area contributed by atoms with E-state index in [1.807, 2.05) is 0 Å². The number of hydrogen-bond acceptors (Lipinski definition) is 5. The largest absolute Gasteiger partial charge is 0.383 e. The van der Waals surface area contributed by atoms with Crippen LogP contribution in [0.1, 0.15) is 19.3 Å². The van der Waals surface area contributed by atoms with Gasteiger partial charge in [0.1, 0.15) is 12.0 Å². The molecule has 2 rings (SSSR count). The van der Waals surface area contributed by atoms with Crippen molar-refractivity contribution in [2.75, 3.05) is 30.8 Å². The average Bonchev–Trinajstić information content (AvgIpc) is 2.82. The third-order valence-electron chi connectivity index (χ3n) is 2.83. The molecule has 0 amide bonds. The Hall–Kier alpha value is -1.07. The van der Waals surface area contributed by atoms with Crippen LogP contribution in [0.2, 0.25) is 5.15 Å². The topological polar surface area (TPSA) is 59.1 Å². The van der Waals surface area contributed by atoms with Gasteiger partial charge in [0.25, 0.3) is 0 Å². The summed E-state index contributed by atoms with van der Waals surface area (Å²) in [7, 11) is 1.80. The molecule has 0 aliphatic carbocycles. The van der Waals surface area contributed by atoms with Gasteiger partial charge in [-0.25, -0.2) is 9.97 Å². The fourth-order valence-corrected chi connectivity index (χ4v) is 2.17. The first-order valence-corrected chi connectivity index (χ1v) is 6.22. The zero-order chi connectivity index (χ0) is 12.1. The highest BCUT2D eigenvalue weighted by molar-refractivity contribution is 6.32. The van der Waals surface area contributed by atoms with Crippen molar-refractivity contribution in [1.82, 2.24) is 9.97 Å². The first-order valence-electron chi connectivity index (χ1n) is 5.85. The van der Waals surface area contributed by atoms with Crippen molar-refractivity contribution in [2.24, 2.45) is 0 Å². The molecule has 0 saturated carbocycles. The number of halogens is 1. The molecule has 1 saturated heterocycles. The number of nitrogens with one attached hydrogen (secondary N) is 2. The quantitative estimate of drug-likeness (QED) is 0.791. The standard InChI is InChI=1S/C11H17ClN4O/c1-13-9-10(12)15-7-16-11(9)14-5-4-8-3-2-6-17-8/h7-8,13H,2-6H2,1H3,(H,14,15,16). The molecular weight excluding hydrogens is 240 g/mol. The van der Waals surface area contributed by atoms with Gasteiger partial charge in [0.2, 0.25) is 0 Å². The Morgan fingerprint density at radius 3 is 3.12 bits per heavy atom. The Morgan fingerprint density at radius 2 is 2.41 bits per heavy atom. The van der Waals surface area contributed by atoms with E-state index in [1.54, 1.807) is 7.05 Å². The van der Waals surface area contributed by atoms with Crippen molar-refractivity contribution in [1.29, 1.82) is 0 Å². The summed E-state index contributed by atoms with van der Waals surface area (Å²) in [6.07, 6.45) is 5.16. The first kappa shape index (κ1) is 12.4. The summed E-state index contributed by atoms with van der Waals surface area (Å²) < 4.78 is 5.56. The number of hydrogen-bond donors (Lipinski definition) is 2. The second-order valence-electron chi connectivity index (χ2n) is 3.99. The van der Waals surface area contributed by atoms with Crippen LogP contribution in [0.15, 0.2) is 6.33 Å². The molecule has 1 atom stereocenters. The summed E-state index contributed by atoms with van der Waals surface area (Å²) in [5.74, 6) is 0.741. The van der Waals surface area contributed by atoms with Gasteiger partial charge in [-0.15, -0.1) is 0 Å². The van der Waals surface area contributed by atoms with Crippen LogP contribution in [0.5, 0.6) is 0 Å². The van der Waals surface area contributed by atoms with Gasteiger partial charge in [-0.3, -0.25) is 0 Å². The molecule has 0 bridgehead atoms. The molecule has 0 aromatic carbocycles. The molecule has 1 aromatic rings. The maximum absolute atomic E-state index is 5.96. The Bertz CT molecular complexity index is 368. The first-order chi connectivity index (χ1) is 8.31. The molecule has 2 N–H and O–H groups in total. The molecule has 1 fully saturated rings. The van der Waals surface area contributed by atoms with E-state index >= 15 is 0 Å². The number of anilines is 2. The van der Waals surface area contributed by atoms with Crippen molar-refractivity contribution < 1.29 is 4.74 Å². The Balaban J connectivity index is 1.87. The van der Waals surface area contributed by atoms with Crippen LogP contribution in [0.25, 0.3) is 0 Å². The van der Waals surface area contributed by atoms with Gasteiger partial charge in [-0.05, 0) is 19.3 Å². The van der Waals surface area contributed by atoms with Crippen molar-refractivity contribution in [3.8, 4) is 0 Å². The maximum atomic E-state index is 5.96. The predicted octanol–water partition coefficient (Wildman–Crippen LogP) is 2.15. The van der Waals surface area contributed by atoms with Crippen molar-refractivity contribution >= 4 is 23.1 Å². The second kappa shape index (κ2) is 6.02. The van der Waals surface area contributed by atoms with E-state index in [0.717, 1.165) is 37.5 Å². The van der Waals surface area contributed by atoms with Crippen molar-refractivity contribution in [2.45, 2.75) is 25.4 Å². The van der Waals surface area contributed by atoms with Crippen LogP contribution in [-0.2, 0) is 4.74 Å². The lowest BCUT2D eigenvalue weighted by atomic mass is 10.2. The summed E-state index contributed by atoms with van der Waals surface area (Å²) >= 11 is 5.96. The van der Waals surface area contributed by atoms with Crippen LogP contribution in [0, 0.1) is 0 Å². The van der Waals surface area contributed by atoms with Crippen molar-refractivity contribution in [3.05, 3.63) is 11.5 Å². The summed E-state index contributed by atoms with van der Waals surface area (Å²) in [5.41, 5.74) is 0.738. The van der Waals surface area contributed by atoms with E-state index < -0.39 is 0 Å². The van der Waals surface area contributed by atoms with Crippen LogP contribution in [0.4, 0.5) is 11.5 Å². The molecule has 5 nitrogen and oxygen atoms in total. The normalized spacial score (nSPS) is 19.3. The molecule has 1 aliphatic heterocycles. The molecule has 1 unspecified atom stereocenters. The maximum Gasteiger partial charge on any atom is 0.157 e. The van der Waals surface area contributed by atoms with E-state index in [4.69, 9.17) is 16.3 Å². The highest BCUT2D eigenvalue weighted by atomic mass is 35.5. The fraction of sp³-hybridized carbons (Fsp3) is 0.636. The lowest BCUT2D eigenvalue weighted by Crippen LogP contribution is -2.14. The number of aromatic nitrogens is 2. The highest BCUT2D eigenvalue weighted by Gasteiger charge is 2.15. The minimum absolute atomic E-state index is 0.387. The number of ether oxygens (including phenoxy) is 1. The minimum Gasteiger partial charge on any atom is -0.383 e. The smallest absolute Gasteiger partial charge is 0.157 e. The molecule has 2 heterocycles. The Kier molecular flexibility index (Phi) is 4.39. The average molecular weight is 257 g/mol. The van der Waals surface area contributed by atoms with Gasteiger partial charge < -0.3 is 15.4 Å². The molecule has 17 heavy (non-hydrogen) atoms. The number of nitrogens with zero attached hydrogens (tertiary/aromatic N) is 2. The summed E-state index contributed by atoms with van der Waals surface area (Å²) in [4.78, 5) is 8.09. The third-order valence-corrected chi connectivity index (χ3v) is 3.12. The van der Waals surface area contributed by atoms with Gasteiger partial charge in [0.15, 0.2) is 11.0 Å². The predicted molar refractivity (Wildman–Crippen MR) is 68.7 cm³/mol. The van der Waals surface area contributed by atoms with Gasteiger partial charge in [0, 0.05) is 20.2 Å². The van der Waals surface area contributed by atoms with Gasteiger partial charge >= 0.3 is 0 Å². The highest BCUT2D eigenvalue weighted by Crippen LogP contribution is 2.25. The summed E-state index contributed by atoms with van der Waals surface area (Å²) in [6.45, 7) is 1.72. The van der Waals surface area contributed by atoms with Crippen LogP contribution >= 0.6 is 11.6 Å². The molecule has 1 aromatic heterocycles. The Labute approximate surface area is 106 Å². The van der Waals surface area contributed by atoms with E-state index in [9.17, 15) is 0 Å². The van der Waals surface area contributed by atoms with Crippen LogP contribution in [-0.4, -0.2) is 36.3 Å². The monoisotopic (exact) mass is 256 g/mol. The van der Waals surface area contributed by atoms with E-state index in [1.165, 1.54) is 12.7 Å². The lowest BCUT2D eigenvalue weighted by Gasteiger charge is -2.13. The van der Waals surface area contributed by atoms with Gasteiger partial charge in [0.05, 0.1) is 6.10 Å². The second-order valence-corrected chi connectivity index (χ2v) is 4.35. The SMILES string of the molecule is CNc1c(Cl)ncnc1NCCC1CCCO1. The lowest BCUT2D eigenvalue weighted by molar-refractivity contribution is 0.107. The molecule has 0 spiro atoms. The van der Waals surface area contributed by atoms with Crippen LogP contribution in [0.3, 0.4) is 0 Å². The van der Waals surface area contributed by atoms with Crippen molar-refractivity contribution in [3.63, 3.8) is 0 Å². The molecule has 94 valence electrons. The van der Waals surface area contributed by atoms with Gasteiger partial charge in [-0.2, -0.15) is 0 Å². The van der Waals surface area contributed by atoms with E-state index in [2.05, 4.69) is 20.6 Å². The fourth-order valence-electron chi connectivity index (χ4n) is 1.94. The molecule has 0 radical (unpaired) electrons. The summed E-state index contributed by atoms with van der Waals surface area (Å²) in [5, 5.41) is 6.68. The molecule has 6 heteroatoms. The molecular formula is C11H17ClN4O. The summed E-state index contributed by atoms with van der Waals surface area (Å²) in [6, 6.07) is 0. The molecule has 1 aliphatic rings. The third kappa shape index (κ3) is 3.20. The Morgan fingerprint density at radius 1 is 1.53 bits per heavy atom. The van der Waals surface area contributed by atoms with E-state index in [-0.39, 0.29) is 0 Å². The number of rotatable bonds is 5. The van der Waals surface area contributed by atoms with Gasteiger partial charge in [-0.1, -0.05) is 11.6 Å². The zero-order valence-electron chi connectivity index (χ0n) is 9.87. The van der Waals surface area contributed by atoms with E-state index in [0.29, 0.717) is 11.3 Å².